The normalized spacial score (nSPS) is 13.1. The third-order valence-electron chi connectivity index (χ3n) is 12.7. The highest BCUT2D eigenvalue weighted by molar-refractivity contribution is 6.20. The van der Waals surface area contributed by atoms with Crippen LogP contribution in [-0.2, 0) is 5.41 Å². The summed E-state index contributed by atoms with van der Waals surface area (Å²) in [6.07, 6.45) is 0. The maximum atomic E-state index is 2.55. The number of hydrogen-bond donors (Lipinski definition) is 0. The van der Waals surface area contributed by atoms with E-state index in [1.807, 2.05) is 0 Å². The van der Waals surface area contributed by atoms with Crippen LogP contribution in [0.4, 0.5) is 0 Å². The van der Waals surface area contributed by atoms with Gasteiger partial charge >= 0.3 is 0 Å². The van der Waals surface area contributed by atoms with Crippen molar-refractivity contribution in [1.82, 2.24) is 0 Å². The molecule has 264 valence electrons. The van der Waals surface area contributed by atoms with Crippen molar-refractivity contribution >= 4 is 53.9 Å². The van der Waals surface area contributed by atoms with Gasteiger partial charge in [-0.1, -0.05) is 200 Å². The fraction of sp³-hybridized carbons (Fsp3) is 0.0175. The van der Waals surface area contributed by atoms with Crippen LogP contribution in [0.5, 0.6) is 0 Å². The molecule has 0 amide bonds. The van der Waals surface area contributed by atoms with Gasteiger partial charge in [-0.3, -0.25) is 0 Å². The third-order valence-corrected chi connectivity index (χ3v) is 12.7. The van der Waals surface area contributed by atoms with Crippen molar-refractivity contribution in [2.75, 3.05) is 0 Å². The van der Waals surface area contributed by atoms with E-state index in [1.165, 1.54) is 109 Å². The van der Waals surface area contributed by atoms with Gasteiger partial charge in [0.2, 0.25) is 0 Å². The van der Waals surface area contributed by atoms with E-state index in [0.717, 1.165) is 0 Å². The van der Waals surface area contributed by atoms with Gasteiger partial charge in [0.1, 0.15) is 0 Å². The first-order chi connectivity index (χ1) is 28.3. The molecular formula is C57H36. The van der Waals surface area contributed by atoms with Crippen LogP contribution in [0.25, 0.3) is 87.2 Å². The number of benzene rings is 11. The Hall–Kier alpha value is -7.28. The molecule has 0 saturated carbocycles. The van der Waals surface area contributed by atoms with Crippen LogP contribution in [0.15, 0.2) is 218 Å². The standard InChI is InChI=1S/C57H36/c1-3-21-42(22-4-1)57(43-23-5-2-6-24-43)53-36-41(54-46-27-13-9-18-39(46)34-51-45-26-12-8-17-38(45)30-32-49(51)54)31-33-50(53)55-52(35-40-19-10-14-28-47(40)56(55)57)48-29-15-20-37-16-7-11-25-44(37)48/h1-36H. The third kappa shape index (κ3) is 4.56. The number of fused-ring (bicyclic) bond motifs is 10. The second-order valence-corrected chi connectivity index (χ2v) is 15.5. The van der Waals surface area contributed by atoms with Gasteiger partial charge in [0, 0.05) is 0 Å². The van der Waals surface area contributed by atoms with E-state index in [9.17, 15) is 0 Å². The Morgan fingerprint density at radius 3 is 1.54 bits per heavy atom. The van der Waals surface area contributed by atoms with Crippen molar-refractivity contribution < 1.29 is 0 Å². The Kier molecular flexibility index (Phi) is 6.94. The van der Waals surface area contributed by atoms with E-state index < -0.39 is 5.41 Å². The Morgan fingerprint density at radius 1 is 0.263 bits per heavy atom. The minimum absolute atomic E-state index is 0.601. The molecule has 1 aliphatic carbocycles. The van der Waals surface area contributed by atoms with Gasteiger partial charge in [-0.15, -0.1) is 0 Å². The number of rotatable bonds is 4. The van der Waals surface area contributed by atoms with Crippen LogP contribution >= 0.6 is 0 Å². The summed E-state index contributed by atoms with van der Waals surface area (Å²) in [5, 5.41) is 12.7. The highest BCUT2D eigenvalue weighted by Gasteiger charge is 2.48. The van der Waals surface area contributed by atoms with E-state index in [0.29, 0.717) is 0 Å². The molecule has 0 heterocycles. The zero-order chi connectivity index (χ0) is 37.5. The van der Waals surface area contributed by atoms with Crippen molar-refractivity contribution in [2.24, 2.45) is 0 Å². The van der Waals surface area contributed by atoms with Crippen LogP contribution in [0.3, 0.4) is 0 Å². The Balaban J connectivity index is 1.27. The van der Waals surface area contributed by atoms with E-state index in [1.54, 1.807) is 0 Å². The predicted octanol–water partition coefficient (Wildman–Crippen LogP) is 15.1. The minimum Gasteiger partial charge on any atom is -0.0622 e. The van der Waals surface area contributed by atoms with Gasteiger partial charge < -0.3 is 0 Å². The topological polar surface area (TPSA) is 0 Å². The van der Waals surface area contributed by atoms with Gasteiger partial charge in [0.05, 0.1) is 5.41 Å². The van der Waals surface area contributed by atoms with Crippen LogP contribution in [-0.4, -0.2) is 0 Å². The molecule has 0 aromatic heterocycles. The van der Waals surface area contributed by atoms with E-state index in [-0.39, 0.29) is 0 Å². The van der Waals surface area contributed by atoms with Crippen molar-refractivity contribution in [1.29, 1.82) is 0 Å². The SMILES string of the molecule is c1ccc(C2(c3ccccc3)c3cc(-c4c5ccccc5cc5c4ccc4ccccc45)ccc3-c3c(-c4cccc5ccccc45)cc4ccccc4c32)cc1. The Bertz CT molecular complexity index is 3350. The summed E-state index contributed by atoms with van der Waals surface area (Å²) < 4.78 is 0. The quantitative estimate of drug-likeness (QED) is 0.125. The van der Waals surface area contributed by atoms with Crippen molar-refractivity contribution in [2.45, 2.75) is 5.41 Å². The van der Waals surface area contributed by atoms with Crippen LogP contribution < -0.4 is 0 Å². The molecule has 0 aliphatic heterocycles. The molecule has 0 N–H and O–H groups in total. The molecule has 0 unspecified atom stereocenters. The average Bonchev–Trinajstić information content (AvgIpc) is 3.60. The monoisotopic (exact) mass is 720 g/mol. The molecule has 11 aromatic carbocycles. The molecule has 57 heavy (non-hydrogen) atoms. The maximum Gasteiger partial charge on any atom is 0.0720 e. The average molecular weight is 721 g/mol. The molecular weight excluding hydrogens is 685 g/mol. The lowest BCUT2D eigenvalue weighted by molar-refractivity contribution is 0.776. The lowest BCUT2D eigenvalue weighted by Crippen LogP contribution is -2.29. The van der Waals surface area contributed by atoms with Crippen LogP contribution in [0.1, 0.15) is 22.3 Å². The fourth-order valence-corrected chi connectivity index (χ4v) is 10.3. The van der Waals surface area contributed by atoms with E-state index >= 15 is 0 Å². The molecule has 0 heteroatoms. The molecule has 11 aromatic rings. The summed E-state index contributed by atoms with van der Waals surface area (Å²) in [7, 11) is 0. The summed E-state index contributed by atoms with van der Waals surface area (Å²) in [5.41, 5.74) is 12.2. The highest BCUT2D eigenvalue weighted by atomic mass is 14.5. The maximum absolute atomic E-state index is 2.55. The Morgan fingerprint density at radius 2 is 0.825 bits per heavy atom. The minimum atomic E-state index is -0.601. The van der Waals surface area contributed by atoms with Crippen LogP contribution in [0, 0.1) is 0 Å². The number of hydrogen-bond acceptors (Lipinski definition) is 0. The first-order valence-electron chi connectivity index (χ1n) is 19.9. The lowest BCUT2D eigenvalue weighted by atomic mass is 9.66. The first-order valence-corrected chi connectivity index (χ1v) is 19.9. The molecule has 12 rings (SSSR count). The summed E-state index contributed by atoms with van der Waals surface area (Å²) in [6.45, 7) is 0. The largest absolute Gasteiger partial charge is 0.0720 e. The fourth-order valence-electron chi connectivity index (χ4n) is 10.3. The molecule has 0 spiro atoms. The van der Waals surface area contributed by atoms with Crippen molar-refractivity contribution in [3.8, 4) is 33.4 Å². The first kappa shape index (κ1) is 32.0. The second-order valence-electron chi connectivity index (χ2n) is 15.5. The van der Waals surface area contributed by atoms with Gasteiger partial charge in [0.15, 0.2) is 0 Å². The second kappa shape index (κ2) is 12.4. The van der Waals surface area contributed by atoms with Crippen LogP contribution in [0.2, 0.25) is 0 Å². The zero-order valence-corrected chi connectivity index (χ0v) is 31.3. The van der Waals surface area contributed by atoms with Crippen molar-refractivity contribution in [3.63, 3.8) is 0 Å². The predicted molar refractivity (Wildman–Crippen MR) is 242 cm³/mol. The van der Waals surface area contributed by atoms with Gasteiger partial charge in [-0.2, -0.15) is 0 Å². The molecule has 0 saturated heterocycles. The van der Waals surface area contributed by atoms with E-state index in [2.05, 4.69) is 218 Å². The van der Waals surface area contributed by atoms with Gasteiger partial charge in [0.25, 0.3) is 0 Å². The van der Waals surface area contributed by atoms with Crippen molar-refractivity contribution in [3.05, 3.63) is 241 Å². The molecule has 0 bridgehead atoms. The smallest absolute Gasteiger partial charge is 0.0622 e. The summed E-state index contributed by atoms with van der Waals surface area (Å²) in [4.78, 5) is 0. The molecule has 1 aliphatic rings. The molecule has 0 nitrogen and oxygen atoms in total. The van der Waals surface area contributed by atoms with Gasteiger partial charge in [-0.05, 0) is 128 Å². The summed E-state index contributed by atoms with van der Waals surface area (Å²) >= 11 is 0. The van der Waals surface area contributed by atoms with Gasteiger partial charge in [-0.25, -0.2) is 0 Å². The molecule has 0 radical (unpaired) electrons. The molecule has 0 fully saturated rings. The zero-order valence-electron chi connectivity index (χ0n) is 31.3. The summed E-state index contributed by atoms with van der Waals surface area (Å²) in [5.74, 6) is 0. The highest BCUT2D eigenvalue weighted by Crippen LogP contribution is 2.61. The lowest BCUT2D eigenvalue weighted by Gasteiger charge is -2.35. The van der Waals surface area contributed by atoms with E-state index in [4.69, 9.17) is 0 Å². The summed E-state index contributed by atoms with van der Waals surface area (Å²) in [6, 6.07) is 81.7. The Labute approximate surface area is 331 Å². The molecule has 0 atom stereocenters.